The highest BCUT2D eigenvalue weighted by atomic mass is 19.1. The summed E-state index contributed by atoms with van der Waals surface area (Å²) in [7, 11) is 0. The second kappa shape index (κ2) is 4.07. The van der Waals surface area contributed by atoms with Gasteiger partial charge < -0.3 is 5.11 Å². The van der Waals surface area contributed by atoms with Gasteiger partial charge in [-0.1, -0.05) is 6.42 Å². The van der Waals surface area contributed by atoms with E-state index in [1.165, 1.54) is 4.57 Å². The molecule has 0 aromatic carbocycles. The Morgan fingerprint density at radius 2 is 2.19 bits per heavy atom. The van der Waals surface area contributed by atoms with E-state index in [4.69, 9.17) is 5.11 Å². The number of hydrogen-bond donors (Lipinski definition) is 1. The van der Waals surface area contributed by atoms with Crippen molar-refractivity contribution in [3.8, 4) is 0 Å². The van der Waals surface area contributed by atoms with Gasteiger partial charge >= 0.3 is 11.7 Å². The molecule has 1 atom stereocenters. The highest BCUT2D eigenvalue weighted by molar-refractivity contribution is 5.69. The van der Waals surface area contributed by atoms with Crippen LogP contribution in [0.2, 0.25) is 0 Å². The number of aliphatic carboxylic acids is 1. The van der Waals surface area contributed by atoms with Crippen LogP contribution in [0.25, 0.3) is 0 Å². The fourth-order valence-electron chi connectivity index (χ4n) is 1.85. The lowest BCUT2D eigenvalue weighted by Crippen LogP contribution is -2.30. The summed E-state index contributed by atoms with van der Waals surface area (Å²) in [5.41, 5.74) is -0.674. The lowest BCUT2D eigenvalue weighted by molar-refractivity contribution is -0.147. The van der Waals surface area contributed by atoms with Gasteiger partial charge in [-0.3, -0.25) is 4.57 Å². The first-order valence-corrected chi connectivity index (χ1v) is 5.16. The van der Waals surface area contributed by atoms with Crippen molar-refractivity contribution in [1.29, 1.82) is 0 Å². The lowest BCUT2D eigenvalue weighted by Gasteiger charge is -2.00. The van der Waals surface area contributed by atoms with E-state index >= 15 is 0 Å². The summed E-state index contributed by atoms with van der Waals surface area (Å²) in [5, 5.41) is 12.2. The fourth-order valence-corrected chi connectivity index (χ4v) is 1.85. The molecule has 6 nitrogen and oxygen atoms in total. The molecule has 7 heteroatoms. The van der Waals surface area contributed by atoms with Crippen LogP contribution in [0.3, 0.4) is 0 Å². The summed E-state index contributed by atoms with van der Waals surface area (Å²) in [6, 6.07) is 0. The first-order chi connectivity index (χ1) is 7.61. The molecule has 1 aliphatic rings. The van der Waals surface area contributed by atoms with Gasteiger partial charge in [-0.05, 0) is 12.8 Å². The fraction of sp³-hybridized carbons (Fsp3) is 0.667. The standard InChI is InChI=1S/C9H12FN3O3/c10-7(8(14)15)13-9(16)12-5-3-1-2-4-6(12)11-13/h7H,1-5H2,(H,14,15). The van der Waals surface area contributed by atoms with E-state index < -0.39 is 18.0 Å². The molecule has 0 bridgehead atoms. The maximum Gasteiger partial charge on any atom is 0.361 e. The molecule has 1 aromatic heterocycles. The summed E-state index contributed by atoms with van der Waals surface area (Å²) in [5.74, 6) is -1.22. The van der Waals surface area contributed by atoms with Crippen molar-refractivity contribution in [2.75, 3.05) is 0 Å². The Kier molecular flexibility index (Phi) is 2.76. The zero-order valence-corrected chi connectivity index (χ0v) is 8.60. The van der Waals surface area contributed by atoms with E-state index in [0.717, 1.165) is 19.3 Å². The third kappa shape index (κ3) is 1.72. The minimum atomic E-state index is -2.40. The summed E-state index contributed by atoms with van der Waals surface area (Å²) in [6.45, 7) is 0.487. The number of hydrogen-bond acceptors (Lipinski definition) is 3. The Morgan fingerprint density at radius 1 is 1.44 bits per heavy atom. The van der Waals surface area contributed by atoms with Gasteiger partial charge in [-0.2, -0.15) is 9.78 Å². The number of halogens is 1. The number of nitrogens with zero attached hydrogens (tertiary/aromatic N) is 3. The quantitative estimate of drug-likeness (QED) is 0.792. The van der Waals surface area contributed by atoms with Crippen LogP contribution >= 0.6 is 0 Å². The van der Waals surface area contributed by atoms with Crippen LogP contribution < -0.4 is 5.69 Å². The van der Waals surface area contributed by atoms with Crippen molar-refractivity contribution in [3.05, 3.63) is 16.3 Å². The van der Waals surface area contributed by atoms with Crippen molar-refractivity contribution in [1.82, 2.24) is 14.3 Å². The van der Waals surface area contributed by atoms with Crippen LogP contribution in [-0.2, 0) is 17.8 Å². The van der Waals surface area contributed by atoms with Gasteiger partial charge in [0.25, 0.3) is 6.30 Å². The van der Waals surface area contributed by atoms with Gasteiger partial charge in [-0.15, -0.1) is 0 Å². The van der Waals surface area contributed by atoms with Gasteiger partial charge in [0.2, 0.25) is 0 Å². The molecule has 0 spiro atoms. The predicted molar refractivity (Wildman–Crippen MR) is 51.8 cm³/mol. The molecule has 0 amide bonds. The van der Waals surface area contributed by atoms with E-state index in [0.29, 0.717) is 23.5 Å². The number of alkyl halides is 1. The summed E-state index contributed by atoms with van der Waals surface area (Å²) < 4.78 is 15.0. The number of carbonyl (C=O) groups is 1. The highest BCUT2D eigenvalue weighted by Crippen LogP contribution is 2.12. The van der Waals surface area contributed by atoms with Gasteiger partial charge in [0.05, 0.1) is 0 Å². The van der Waals surface area contributed by atoms with Crippen molar-refractivity contribution < 1.29 is 14.3 Å². The molecule has 16 heavy (non-hydrogen) atoms. The molecule has 1 unspecified atom stereocenters. The molecule has 1 aromatic rings. The van der Waals surface area contributed by atoms with Crippen molar-refractivity contribution in [3.63, 3.8) is 0 Å². The number of fused-ring (bicyclic) bond motifs is 1. The molecule has 88 valence electrons. The summed E-state index contributed by atoms with van der Waals surface area (Å²) in [6.07, 6.45) is 0.922. The topological polar surface area (TPSA) is 77.1 Å². The van der Waals surface area contributed by atoms with E-state index in [1.807, 2.05) is 0 Å². The SMILES string of the molecule is O=C(O)C(F)n1nc2n(c1=O)CCCCC2. The third-order valence-corrected chi connectivity index (χ3v) is 2.66. The molecular formula is C9H12FN3O3. The van der Waals surface area contributed by atoms with E-state index in [9.17, 15) is 14.0 Å². The molecule has 0 fully saturated rings. The van der Waals surface area contributed by atoms with Crippen LogP contribution in [0.1, 0.15) is 31.4 Å². The maximum absolute atomic E-state index is 13.2. The van der Waals surface area contributed by atoms with Gasteiger partial charge in [0, 0.05) is 13.0 Å². The Morgan fingerprint density at radius 3 is 2.88 bits per heavy atom. The van der Waals surface area contributed by atoms with E-state index in [-0.39, 0.29) is 0 Å². The number of aromatic nitrogens is 3. The molecule has 0 saturated carbocycles. The minimum absolute atomic E-state index is 0.406. The lowest BCUT2D eigenvalue weighted by atomic mass is 10.2. The third-order valence-electron chi connectivity index (χ3n) is 2.66. The molecule has 1 N–H and O–H groups in total. The molecule has 0 saturated heterocycles. The van der Waals surface area contributed by atoms with Crippen molar-refractivity contribution in [2.24, 2.45) is 0 Å². The second-order valence-electron chi connectivity index (χ2n) is 3.78. The predicted octanol–water partition coefficient (Wildman–Crippen LogP) is 0.324. The molecule has 0 aliphatic carbocycles. The van der Waals surface area contributed by atoms with Crippen LogP contribution in [0.15, 0.2) is 4.79 Å². The average molecular weight is 229 g/mol. The number of carboxylic acid groups (broad SMARTS) is 1. The number of carboxylic acids is 1. The van der Waals surface area contributed by atoms with Crippen LogP contribution in [0.4, 0.5) is 4.39 Å². The Bertz CT molecular complexity index is 465. The first-order valence-electron chi connectivity index (χ1n) is 5.16. The molecule has 2 heterocycles. The first kappa shape index (κ1) is 10.8. The largest absolute Gasteiger partial charge is 0.478 e. The summed E-state index contributed by atoms with van der Waals surface area (Å²) in [4.78, 5) is 22.1. The van der Waals surface area contributed by atoms with Crippen LogP contribution in [0.5, 0.6) is 0 Å². The normalized spacial score (nSPS) is 17.6. The summed E-state index contributed by atoms with van der Waals surface area (Å²) >= 11 is 0. The van der Waals surface area contributed by atoms with E-state index in [2.05, 4.69) is 5.10 Å². The van der Waals surface area contributed by atoms with Gasteiger partial charge in [0.15, 0.2) is 0 Å². The van der Waals surface area contributed by atoms with Gasteiger partial charge in [-0.25, -0.2) is 14.0 Å². The van der Waals surface area contributed by atoms with Crippen LogP contribution in [-0.4, -0.2) is 25.4 Å². The van der Waals surface area contributed by atoms with E-state index in [1.54, 1.807) is 0 Å². The zero-order valence-electron chi connectivity index (χ0n) is 8.60. The van der Waals surface area contributed by atoms with Crippen molar-refractivity contribution in [2.45, 2.75) is 38.5 Å². The number of aryl methyl sites for hydroxylation is 1. The molecule has 1 aliphatic heterocycles. The maximum atomic E-state index is 13.2. The van der Waals surface area contributed by atoms with Gasteiger partial charge in [0.1, 0.15) is 5.82 Å². The average Bonchev–Trinajstić information content (AvgIpc) is 2.45. The van der Waals surface area contributed by atoms with Crippen molar-refractivity contribution >= 4 is 5.97 Å². The zero-order chi connectivity index (χ0) is 11.7. The molecular weight excluding hydrogens is 217 g/mol. The van der Waals surface area contributed by atoms with Crippen LogP contribution in [0, 0.1) is 0 Å². The second-order valence-corrected chi connectivity index (χ2v) is 3.78. The highest BCUT2D eigenvalue weighted by Gasteiger charge is 2.25. The smallest absolute Gasteiger partial charge is 0.361 e. The molecule has 2 rings (SSSR count). The number of rotatable bonds is 2. The Labute approximate surface area is 90.3 Å². The minimum Gasteiger partial charge on any atom is -0.478 e. The monoisotopic (exact) mass is 229 g/mol. The Balaban J connectivity index is 2.43. The molecule has 0 radical (unpaired) electrons. The Hall–Kier alpha value is -1.66.